The summed E-state index contributed by atoms with van der Waals surface area (Å²) < 4.78 is 7.74. The number of hydrogen-bond donors (Lipinski definition) is 1. The van der Waals surface area contributed by atoms with Crippen molar-refractivity contribution in [2.24, 2.45) is 0 Å². The van der Waals surface area contributed by atoms with Crippen LogP contribution in [0, 0.1) is 13.8 Å². The zero-order chi connectivity index (χ0) is 26.1. The van der Waals surface area contributed by atoms with Crippen LogP contribution in [0.4, 0.5) is 5.82 Å². The van der Waals surface area contributed by atoms with Gasteiger partial charge in [0.2, 0.25) is 0 Å². The van der Waals surface area contributed by atoms with Crippen molar-refractivity contribution in [2.45, 2.75) is 26.8 Å². The predicted octanol–water partition coefficient (Wildman–Crippen LogP) is 3.66. The Kier molecular flexibility index (Phi) is 6.94. The lowest BCUT2D eigenvalue weighted by Gasteiger charge is -2.19. The first-order chi connectivity index (χ1) is 17.1. The number of nitrogen functional groups attached to an aromatic ring is 1. The number of aryl methyl sites for hydroxylation is 3. The number of nitrogens with zero attached hydrogens (tertiary/aromatic N) is 5. The molecule has 10 heteroatoms. The van der Waals surface area contributed by atoms with E-state index < -0.39 is 0 Å². The molecule has 9 nitrogen and oxygen atoms in total. The Balaban J connectivity index is 1.76. The highest BCUT2D eigenvalue weighted by Crippen LogP contribution is 2.40. The second-order valence-corrected chi connectivity index (χ2v) is 9.13. The van der Waals surface area contributed by atoms with Crippen LogP contribution >= 0.6 is 11.6 Å². The molecule has 0 radical (unpaired) electrons. The van der Waals surface area contributed by atoms with Crippen LogP contribution in [-0.2, 0) is 13.0 Å². The molecule has 0 bridgehead atoms. The van der Waals surface area contributed by atoms with E-state index in [0.29, 0.717) is 46.0 Å². The number of ether oxygens (including phenoxy) is 1. The number of amides is 1. The Morgan fingerprint density at radius 1 is 1.19 bits per heavy atom. The third-order valence-corrected chi connectivity index (χ3v) is 6.51. The molecule has 0 aliphatic heterocycles. The van der Waals surface area contributed by atoms with E-state index >= 15 is 0 Å². The summed E-state index contributed by atoms with van der Waals surface area (Å²) in [6, 6.07) is 5.42. The van der Waals surface area contributed by atoms with E-state index in [0.717, 1.165) is 22.3 Å². The summed E-state index contributed by atoms with van der Waals surface area (Å²) in [5.41, 5.74) is 10.5. The molecule has 0 fully saturated rings. The molecular weight excluding hydrogens is 480 g/mol. The number of nitrogens with two attached hydrogens (primary N) is 1. The summed E-state index contributed by atoms with van der Waals surface area (Å²) in [6.07, 6.45) is 5.31. The quantitative estimate of drug-likeness (QED) is 0.424. The van der Waals surface area contributed by atoms with Crippen molar-refractivity contribution in [3.63, 3.8) is 0 Å². The first-order valence-corrected chi connectivity index (χ1v) is 11.7. The zero-order valence-corrected chi connectivity index (χ0v) is 21.6. The van der Waals surface area contributed by atoms with Gasteiger partial charge in [0.05, 0.1) is 7.11 Å². The van der Waals surface area contributed by atoms with E-state index in [-0.39, 0.29) is 17.2 Å². The lowest BCUT2D eigenvalue weighted by Crippen LogP contribution is -2.22. The van der Waals surface area contributed by atoms with Gasteiger partial charge in [0, 0.05) is 54.7 Å². The molecule has 186 valence electrons. The van der Waals surface area contributed by atoms with Crippen LogP contribution in [-0.4, -0.2) is 51.5 Å². The maximum absolute atomic E-state index is 12.6. The molecule has 36 heavy (non-hydrogen) atoms. The topological polar surface area (TPSA) is 116 Å². The van der Waals surface area contributed by atoms with Gasteiger partial charge in [-0.1, -0.05) is 17.7 Å². The number of benzene rings is 1. The molecule has 1 aromatic carbocycles. The number of hydrogen-bond acceptors (Lipinski definition) is 7. The monoisotopic (exact) mass is 506 g/mol. The van der Waals surface area contributed by atoms with Crippen molar-refractivity contribution in [2.75, 3.05) is 26.9 Å². The van der Waals surface area contributed by atoms with Crippen LogP contribution in [0.5, 0.6) is 5.75 Å². The number of carbonyl (C=O) groups is 1. The fourth-order valence-electron chi connectivity index (χ4n) is 4.23. The van der Waals surface area contributed by atoms with Crippen molar-refractivity contribution in [3.8, 4) is 16.9 Å². The van der Waals surface area contributed by atoms with Crippen LogP contribution in [0.25, 0.3) is 22.2 Å². The minimum atomic E-state index is -0.179. The number of rotatable bonds is 6. The molecular formula is C26H27ClN6O3. The first-order valence-electron chi connectivity index (χ1n) is 11.3. The Hall–Kier alpha value is -3.98. The number of aromatic nitrogens is 4. The summed E-state index contributed by atoms with van der Waals surface area (Å²) in [6.45, 7) is 4.16. The minimum absolute atomic E-state index is 0.157. The van der Waals surface area contributed by atoms with Gasteiger partial charge in [-0.15, -0.1) is 0 Å². The van der Waals surface area contributed by atoms with Crippen LogP contribution in [0.1, 0.15) is 27.2 Å². The molecule has 4 aromatic rings. The highest BCUT2D eigenvalue weighted by molar-refractivity contribution is 6.32. The fourth-order valence-corrected chi connectivity index (χ4v) is 4.45. The van der Waals surface area contributed by atoms with Gasteiger partial charge in [-0.3, -0.25) is 14.6 Å². The number of fused-ring (bicyclic) bond motifs is 1. The molecule has 2 N–H and O–H groups in total. The van der Waals surface area contributed by atoms with Gasteiger partial charge >= 0.3 is 0 Å². The molecule has 0 saturated heterocycles. The van der Waals surface area contributed by atoms with E-state index in [1.165, 1.54) is 11.2 Å². The van der Waals surface area contributed by atoms with Crippen LogP contribution < -0.4 is 15.9 Å². The summed E-state index contributed by atoms with van der Waals surface area (Å²) in [4.78, 5) is 39.0. The van der Waals surface area contributed by atoms with Gasteiger partial charge in [0.15, 0.2) is 5.43 Å². The highest BCUT2D eigenvalue weighted by atomic mass is 35.5. The van der Waals surface area contributed by atoms with E-state index in [2.05, 4.69) is 15.0 Å². The SMILES string of the molecule is COc1c(CCn2cc(C)c(=O)c3c(N)ncnc32)cc(Cl)c(C)c1-c1ccc(C(=O)N(C)C)nc1. The number of halogens is 1. The molecule has 4 rings (SSSR count). The van der Waals surface area contributed by atoms with Crippen LogP contribution in [0.2, 0.25) is 5.02 Å². The molecule has 1 amide bonds. The average Bonchev–Trinajstić information content (AvgIpc) is 2.86. The molecule has 0 atom stereocenters. The largest absolute Gasteiger partial charge is 0.496 e. The van der Waals surface area contributed by atoms with E-state index in [9.17, 15) is 9.59 Å². The number of carbonyl (C=O) groups excluding carboxylic acids is 1. The average molecular weight is 507 g/mol. The predicted molar refractivity (Wildman–Crippen MR) is 141 cm³/mol. The van der Waals surface area contributed by atoms with E-state index in [4.69, 9.17) is 22.1 Å². The third-order valence-electron chi connectivity index (χ3n) is 6.12. The second kappa shape index (κ2) is 9.94. The van der Waals surface area contributed by atoms with Crippen molar-refractivity contribution in [1.29, 1.82) is 0 Å². The molecule has 0 unspecified atom stereocenters. The summed E-state index contributed by atoms with van der Waals surface area (Å²) in [7, 11) is 4.98. The maximum atomic E-state index is 12.6. The van der Waals surface area contributed by atoms with Gasteiger partial charge in [-0.05, 0) is 43.5 Å². The Morgan fingerprint density at radius 2 is 1.94 bits per heavy atom. The second-order valence-electron chi connectivity index (χ2n) is 8.72. The Labute approximate surface area is 213 Å². The maximum Gasteiger partial charge on any atom is 0.271 e. The summed E-state index contributed by atoms with van der Waals surface area (Å²) in [5, 5.41) is 0.896. The third kappa shape index (κ3) is 4.49. The van der Waals surface area contributed by atoms with Gasteiger partial charge in [-0.25, -0.2) is 9.97 Å². The van der Waals surface area contributed by atoms with Crippen molar-refractivity contribution < 1.29 is 9.53 Å². The molecule has 3 aromatic heterocycles. The van der Waals surface area contributed by atoms with Gasteiger partial charge in [-0.2, -0.15) is 0 Å². The minimum Gasteiger partial charge on any atom is -0.496 e. The van der Waals surface area contributed by atoms with Crippen molar-refractivity contribution in [1.82, 2.24) is 24.4 Å². The molecule has 0 saturated carbocycles. The molecule has 0 aliphatic rings. The molecule has 3 heterocycles. The van der Waals surface area contributed by atoms with Crippen LogP contribution in [0.3, 0.4) is 0 Å². The van der Waals surface area contributed by atoms with E-state index in [1.807, 2.05) is 23.6 Å². The van der Waals surface area contributed by atoms with Gasteiger partial charge in [0.25, 0.3) is 5.91 Å². The Bertz CT molecular complexity index is 1530. The standard InChI is InChI=1S/C26H27ClN6O3/c1-14-12-33(25-21(22(14)34)24(28)30-13-31-25)9-8-16-10-18(27)15(2)20(23(16)36-5)17-6-7-19(29-11-17)26(35)32(3)4/h6-7,10-13H,8-9H2,1-5H3,(H2,28,30,31). The number of pyridine rings is 2. The first kappa shape index (κ1) is 25.1. The Morgan fingerprint density at radius 3 is 2.58 bits per heavy atom. The van der Waals surface area contributed by atoms with Gasteiger partial charge in [0.1, 0.15) is 34.6 Å². The highest BCUT2D eigenvalue weighted by Gasteiger charge is 2.19. The normalized spacial score (nSPS) is 11.1. The van der Waals surface area contributed by atoms with Crippen molar-refractivity contribution in [3.05, 3.63) is 74.6 Å². The zero-order valence-electron chi connectivity index (χ0n) is 20.8. The smallest absolute Gasteiger partial charge is 0.271 e. The fraction of sp³-hybridized carbons (Fsp3) is 0.269. The summed E-state index contributed by atoms with van der Waals surface area (Å²) >= 11 is 6.64. The number of methoxy groups -OCH3 is 1. The molecule has 0 spiro atoms. The van der Waals surface area contributed by atoms with Crippen molar-refractivity contribution >= 4 is 34.4 Å². The van der Waals surface area contributed by atoms with Gasteiger partial charge < -0.3 is 19.9 Å². The lowest BCUT2D eigenvalue weighted by atomic mass is 9.95. The number of anilines is 1. The summed E-state index contributed by atoms with van der Waals surface area (Å²) in [5.74, 6) is 0.649. The lowest BCUT2D eigenvalue weighted by molar-refractivity contribution is 0.0822. The van der Waals surface area contributed by atoms with Crippen LogP contribution in [0.15, 0.2) is 41.7 Å². The van der Waals surface area contributed by atoms with E-state index in [1.54, 1.807) is 46.6 Å². The molecule has 0 aliphatic carbocycles.